The summed E-state index contributed by atoms with van der Waals surface area (Å²) in [7, 11) is 0. The van der Waals surface area contributed by atoms with Crippen molar-refractivity contribution >= 4 is 0 Å². The monoisotopic (exact) mass is 353 g/mol. The molecule has 0 amide bonds. The van der Waals surface area contributed by atoms with Gasteiger partial charge in [-0.05, 0) is 43.4 Å². The number of para-hydroxylation sites is 1. The molecule has 1 aliphatic rings. The average Bonchev–Trinajstić information content (AvgIpc) is 2.57. The minimum absolute atomic E-state index is 0.140. The number of halogens is 3. The molecule has 0 atom stereocenters. The first-order chi connectivity index (χ1) is 11.9. The molecule has 7 heteroatoms. The normalized spacial score (nSPS) is 17.1. The summed E-state index contributed by atoms with van der Waals surface area (Å²) in [5, 5.41) is 13.5. The van der Waals surface area contributed by atoms with Crippen LogP contribution in [0.2, 0.25) is 0 Å². The Balaban J connectivity index is 1.85. The van der Waals surface area contributed by atoms with Gasteiger partial charge in [-0.3, -0.25) is 0 Å². The van der Waals surface area contributed by atoms with Crippen LogP contribution in [0.1, 0.15) is 18.4 Å². The van der Waals surface area contributed by atoms with Gasteiger partial charge in [0.1, 0.15) is 22.8 Å². The molecule has 25 heavy (non-hydrogen) atoms. The van der Waals surface area contributed by atoms with E-state index in [9.17, 15) is 18.3 Å². The van der Waals surface area contributed by atoms with Gasteiger partial charge in [-0.25, -0.2) is 0 Å². The predicted octanol–water partition coefficient (Wildman–Crippen LogP) is 3.95. The molecule has 0 aliphatic carbocycles. The lowest BCUT2D eigenvalue weighted by atomic mass is 9.84. The molecular formula is C18H18F3NO3. The van der Waals surface area contributed by atoms with Crippen molar-refractivity contribution in [2.75, 3.05) is 13.1 Å². The van der Waals surface area contributed by atoms with Gasteiger partial charge in [-0.1, -0.05) is 18.2 Å². The van der Waals surface area contributed by atoms with Gasteiger partial charge in [-0.15, -0.1) is 13.2 Å². The summed E-state index contributed by atoms with van der Waals surface area (Å²) in [5.41, 5.74) is -0.0599. The molecule has 2 N–H and O–H groups in total. The lowest BCUT2D eigenvalue weighted by Crippen LogP contribution is -2.44. The van der Waals surface area contributed by atoms with Crippen LogP contribution in [0, 0.1) is 0 Å². The first-order valence-electron chi connectivity index (χ1n) is 7.92. The molecule has 2 aromatic carbocycles. The van der Waals surface area contributed by atoms with E-state index in [0.717, 1.165) is 0 Å². The van der Waals surface area contributed by atoms with Crippen LogP contribution in [0.4, 0.5) is 13.2 Å². The first-order valence-corrected chi connectivity index (χ1v) is 7.92. The molecule has 1 saturated heterocycles. The lowest BCUT2D eigenvalue weighted by molar-refractivity contribution is -0.274. The van der Waals surface area contributed by atoms with Crippen LogP contribution in [-0.4, -0.2) is 24.6 Å². The third-order valence-corrected chi connectivity index (χ3v) is 4.18. The van der Waals surface area contributed by atoms with Crippen LogP contribution < -0.4 is 14.8 Å². The average molecular weight is 353 g/mol. The molecule has 0 aromatic heterocycles. The Morgan fingerprint density at radius 3 is 2.12 bits per heavy atom. The summed E-state index contributed by atoms with van der Waals surface area (Å²) in [4.78, 5) is 0. The number of ether oxygens (including phenoxy) is 2. The highest BCUT2D eigenvalue weighted by atomic mass is 19.4. The number of rotatable bonds is 4. The van der Waals surface area contributed by atoms with Crippen LogP contribution in [0.5, 0.6) is 17.2 Å². The first kappa shape index (κ1) is 17.4. The second-order valence-electron chi connectivity index (χ2n) is 5.88. The molecule has 1 fully saturated rings. The molecule has 0 saturated carbocycles. The number of aromatic hydroxyl groups is 1. The molecule has 0 unspecified atom stereocenters. The Kier molecular flexibility index (Phi) is 4.76. The van der Waals surface area contributed by atoms with Crippen molar-refractivity contribution in [3.63, 3.8) is 0 Å². The van der Waals surface area contributed by atoms with Crippen molar-refractivity contribution in [2.45, 2.75) is 24.8 Å². The molecule has 0 spiro atoms. The van der Waals surface area contributed by atoms with Gasteiger partial charge in [0.05, 0.1) is 0 Å². The second kappa shape index (κ2) is 6.84. The molecule has 134 valence electrons. The molecule has 1 heterocycles. The predicted molar refractivity (Wildman–Crippen MR) is 85.6 cm³/mol. The number of phenols is 1. The van der Waals surface area contributed by atoms with E-state index in [1.807, 2.05) is 12.1 Å². The van der Waals surface area contributed by atoms with Crippen LogP contribution in [-0.2, 0) is 5.60 Å². The lowest BCUT2D eigenvalue weighted by Gasteiger charge is -2.38. The van der Waals surface area contributed by atoms with Gasteiger partial charge < -0.3 is 19.9 Å². The Morgan fingerprint density at radius 1 is 0.920 bits per heavy atom. The maximum Gasteiger partial charge on any atom is 0.573 e. The van der Waals surface area contributed by atoms with Crippen molar-refractivity contribution in [1.29, 1.82) is 0 Å². The maximum atomic E-state index is 12.3. The summed E-state index contributed by atoms with van der Waals surface area (Å²) in [6.45, 7) is 1.42. The number of nitrogens with one attached hydrogen (secondary N) is 1. The van der Waals surface area contributed by atoms with E-state index in [2.05, 4.69) is 10.1 Å². The third kappa shape index (κ3) is 4.17. The fraction of sp³-hybridized carbons (Fsp3) is 0.333. The highest BCUT2D eigenvalue weighted by Crippen LogP contribution is 2.40. The fourth-order valence-electron chi connectivity index (χ4n) is 3.05. The third-order valence-electron chi connectivity index (χ3n) is 4.18. The summed E-state index contributed by atoms with van der Waals surface area (Å²) in [6, 6.07) is 12.3. The highest BCUT2D eigenvalue weighted by Gasteiger charge is 2.38. The van der Waals surface area contributed by atoms with Gasteiger partial charge in [0.25, 0.3) is 0 Å². The largest absolute Gasteiger partial charge is 0.573 e. The molecule has 2 aromatic rings. The van der Waals surface area contributed by atoms with Crippen LogP contribution in [0.15, 0.2) is 48.5 Å². The van der Waals surface area contributed by atoms with Gasteiger partial charge in [-0.2, -0.15) is 0 Å². The van der Waals surface area contributed by atoms with E-state index in [1.165, 1.54) is 24.3 Å². The Labute approximate surface area is 143 Å². The van der Waals surface area contributed by atoms with Crippen LogP contribution in [0.25, 0.3) is 0 Å². The number of alkyl halides is 3. The standard InChI is InChI=1S/C18H18F3NO3/c19-18(20,21)25-14-7-5-13(6-8-14)24-17(9-11-22-12-10-17)15-3-1-2-4-16(15)23/h1-8,22-23H,9-12H2. The molecule has 0 bridgehead atoms. The smallest absolute Gasteiger partial charge is 0.508 e. The van der Waals surface area contributed by atoms with E-state index >= 15 is 0 Å². The van der Waals surface area contributed by atoms with Crippen LogP contribution in [0.3, 0.4) is 0 Å². The zero-order chi connectivity index (χ0) is 17.9. The van der Waals surface area contributed by atoms with E-state index in [-0.39, 0.29) is 11.5 Å². The number of piperidine rings is 1. The van der Waals surface area contributed by atoms with Crippen molar-refractivity contribution in [3.05, 3.63) is 54.1 Å². The second-order valence-corrected chi connectivity index (χ2v) is 5.88. The van der Waals surface area contributed by atoms with E-state index in [0.29, 0.717) is 37.2 Å². The Bertz CT molecular complexity index is 710. The van der Waals surface area contributed by atoms with Gasteiger partial charge in [0.2, 0.25) is 0 Å². The Morgan fingerprint density at radius 2 is 1.52 bits per heavy atom. The van der Waals surface area contributed by atoms with Crippen molar-refractivity contribution in [1.82, 2.24) is 5.32 Å². The van der Waals surface area contributed by atoms with Crippen molar-refractivity contribution < 1.29 is 27.8 Å². The molecule has 3 rings (SSSR count). The van der Waals surface area contributed by atoms with Gasteiger partial charge in [0.15, 0.2) is 0 Å². The van der Waals surface area contributed by atoms with E-state index < -0.39 is 12.0 Å². The molecule has 4 nitrogen and oxygen atoms in total. The molecular weight excluding hydrogens is 335 g/mol. The van der Waals surface area contributed by atoms with Crippen LogP contribution >= 0.6 is 0 Å². The van der Waals surface area contributed by atoms with Gasteiger partial charge >= 0.3 is 6.36 Å². The van der Waals surface area contributed by atoms with E-state index in [1.54, 1.807) is 12.1 Å². The fourth-order valence-corrected chi connectivity index (χ4v) is 3.05. The summed E-state index contributed by atoms with van der Waals surface area (Å²) in [5.74, 6) is 0.253. The highest BCUT2D eigenvalue weighted by molar-refractivity contribution is 5.39. The maximum absolute atomic E-state index is 12.3. The summed E-state index contributed by atoms with van der Waals surface area (Å²) >= 11 is 0. The SMILES string of the molecule is Oc1ccccc1C1(Oc2ccc(OC(F)(F)F)cc2)CCNCC1. The quantitative estimate of drug-likeness (QED) is 0.874. The molecule has 1 aliphatic heterocycles. The number of hydrogen-bond donors (Lipinski definition) is 2. The topological polar surface area (TPSA) is 50.7 Å². The van der Waals surface area contributed by atoms with Gasteiger partial charge in [0, 0.05) is 18.4 Å². The number of hydrogen-bond acceptors (Lipinski definition) is 4. The summed E-state index contributed by atoms with van der Waals surface area (Å²) < 4.78 is 46.8. The van der Waals surface area contributed by atoms with E-state index in [4.69, 9.17) is 4.74 Å². The summed E-state index contributed by atoms with van der Waals surface area (Å²) in [6.07, 6.45) is -3.47. The Hall–Kier alpha value is -2.41. The molecule has 0 radical (unpaired) electrons. The minimum Gasteiger partial charge on any atom is -0.508 e. The zero-order valence-electron chi connectivity index (χ0n) is 13.3. The number of benzene rings is 2. The van der Waals surface area contributed by atoms with Crippen molar-refractivity contribution in [3.8, 4) is 17.2 Å². The van der Waals surface area contributed by atoms with Crippen molar-refractivity contribution in [2.24, 2.45) is 0 Å². The number of phenolic OH excluding ortho intramolecular Hbond substituents is 1. The zero-order valence-corrected chi connectivity index (χ0v) is 13.3. The minimum atomic E-state index is -4.73.